The Morgan fingerprint density at radius 3 is 2.10 bits per heavy atom. The molecule has 4 heteroatoms. The van der Waals surface area contributed by atoms with Crippen molar-refractivity contribution in [3.63, 3.8) is 0 Å². The van der Waals surface area contributed by atoms with Crippen molar-refractivity contribution >= 4 is 21.9 Å². The molecule has 197 valence electrons. The number of furan rings is 1. The Labute approximate surface area is 247 Å². The number of pyridine rings is 2. The third-order valence-electron chi connectivity index (χ3n) is 6.68. The molecule has 0 N–H and O–H groups in total. The van der Waals surface area contributed by atoms with Crippen LogP contribution in [0.4, 0.5) is 0 Å². The summed E-state index contributed by atoms with van der Waals surface area (Å²) in [6, 6.07) is 45.2. The fourth-order valence-electron chi connectivity index (χ4n) is 4.65. The minimum Gasteiger partial charge on any atom is -0.501 e. The van der Waals surface area contributed by atoms with Crippen LogP contribution in [0.2, 0.25) is 0 Å². The van der Waals surface area contributed by atoms with Gasteiger partial charge in [-0.05, 0) is 47.1 Å². The van der Waals surface area contributed by atoms with Gasteiger partial charge in [0.05, 0.1) is 5.58 Å². The number of aryl methyl sites for hydroxylation is 1. The van der Waals surface area contributed by atoms with Crippen molar-refractivity contribution in [3.8, 4) is 33.6 Å². The van der Waals surface area contributed by atoms with E-state index >= 15 is 0 Å². The van der Waals surface area contributed by atoms with Gasteiger partial charge in [-0.2, -0.15) is 0 Å². The third-order valence-corrected chi connectivity index (χ3v) is 6.68. The fraction of sp³-hybridized carbons (Fsp3) is 0.0556. The molecular formula is C36H26IrN2O-2. The minimum atomic E-state index is 0. The Morgan fingerprint density at radius 2 is 1.38 bits per heavy atom. The average molecular weight is 695 g/mol. The zero-order valence-corrected chi connectivity index (χ0v) is 24.4. The Hall–Kier alpha value is -4.37. The molecule has 0 amide bonds. The van der Waals surface area contributed by atoms with Gasteiger partial charge >= 0.3 is 0 Å². The summed E-state index contributed by atoms with van der Waals surface area (Å²) in [5.41, 5.74) is 9.26. The average Bonchev–Trinajstić information content (AvgIpc) is 3.41. The van der Waals surface area contributed by atoms with Gasteiger partial charge in [0, 0.05) is 37.9 Å². The van der Waals surface area contributed by atoms with Gasteiger partial charge in [-0.25, -0.2) is 0 Å². The van der Waals surface area contributed by atoms with Crippen LogP contribution in [0.25, 0.3) is 55.6 Å². The van der Waals surface area contributed by atoms with Gasteiger partial charge in [-0.15, -0.1) is 53.6 Å². The van der Waals surface area contributed by atoms with Crippen LogP contribution >= 0.6 is 0 Å². The van der Waals surface area contributed by atoms with Gasteiger partial charge < -0.3 is 14.4 Å². The number of nitrogens with zero attached hydrogens (tertiary/aromatic N) is 2. The first-order valence-electron chi connectivity index (χ1n) is 13.1. The molecule has 7 aromatic rings. The molecule has 3 aromatic heterocycles. The first kappa shape index (κ1) is 27.2. The quantitative estimate of drug-likeness (QED) is 0.173. The molecule has 0 spiro atoms. The van der Waals surface area contributed by atoms with E-state index in [1.807, 2.05) is 66.7 Å². The Kier molecular flexibility index (Phi) is 8.61. The Morgan fingerprint density at radius 1 is 0.650 bits per heavy atom. The van der Waals surface area contributed by atoms with Gasteiger partial charge in [-0.3, -0.25) is 0 Å². The van der Waals surface area contributed by atoms with Crippen LogP contribution in [0.5, 0.6) is 0 Å². The van der Waals surface area contributed by atoms with Crippen LogP contribution < -0.4 is 0 Å². The van der Waals surface area contributed by atoms with Crippen molar-refractivity contribution < 1.29 is 24.5 Å². The number of benzene rings is 4. The number of aromatic nitrogens is 2. The minimum absolute atomic E-state index is 0. The maximum absolute atomic E-state index is 6.11. The molecule has 0 aliphatic rings. The van der Waals surface area contributed by atoms with Crippen molar-refractivity contribution in [2.24, 2.45) is 0 Å². The van der Waals surface area contributed by atoms with Crippen molar-refractivity contribution in [1.29, 1.82) is 0 Å². The molecule has 7 rings (SSSR count). The normalized spacial score (nSPS) is 10.5. The van der Waals surface area contributed by atoms with Crippen molar-refractivity contribution in [2.75, 3.05) is 0 Å². The van der Waals surface area contributed by atoms with Crippen LogP contribution in [-0.4, -0.2) is 9.97 Å². The summed E-state index contributed by atoms with van der Waals surface area (Å²) >= 11 is 0. The first-order valence-corrected chi connectivity index (χ1v) is 13.1. The molecule has 0 saturated heterocycles. The first-order chi connectivity index (χ1) is 19.3. The summed E-state index contributed by atoms with van der Waals surface area (Å²) in [4.78, 5) is 8.76. The summed E-state index contributed by atoms with van der Waals surface area (Å²) in [5.74, 6) is 0. The van der Waals surface area contributed by atoms with Crippen molar-refractivity contribution in [3.05, 3.63) is 145 Å². The second-order valence-corrected chi connectivity index (χ2v) is 9.17. The van der Waals surface area contributed by atoms with Gasteiger partial charge in [0.1, 0.15) is 5.58 Å². The summed E-state index contributed by atoms with van der Waals surface area (Å²) in [7, 11) is 0. The number of fused-ring (bicyclic) bond motifs is 3. The van der Waals surface area contributed by atoms with Crippen molar-refractivity contribution in [2.45, 2.75) is 13.3 Å². The Balaban J connectivity index is 0.000000159. The molecule has 0 fully saturated rings. The SMILES string of the molecule is CCc1ccc2c(c1)oc1c(-c3ccccn3)[c-]ccc12.[Ir].[c-]1ccc(-c2ccccc2)cc1-c1ccccn1. The van der Waals surface area contributed by atoms with Crippen LogP contribution in [0.1, 0.15) is 12.5 Å². The van der Waals surface area contributed by atoms with Gasteiger partial charge in [0.15, 0.2) is 0 Å². The maximum Gasteiger partial charge on any atom is 0.121 e. The van der Waals surface area contributed by atoms with Crippen molar-refractivity contribution in [1.82, 2.24) is 9.97 Å². The summed E-state index contributed by atoms with van der Waals surface area (Å²) < 4.78 is 6.11. The summed E-state index contributed by atoms with van der Waals surface area (Å²) in [6.45, 7) is 2.15. The topological polar surface area (TPSA) is 38.9 Å². The van der Waals surface area contributed by atoms with E-state index in [4.69, 9.17) is 4.42 Å². The second-order valence-electron chi connectivity index (χ2n) is 9.17. The van der Waals surface area contributed by atoms with Crippen LogP contribution in [0.3, 0.4) is 0 Å². The van der Waals surface area contributed by atoms with Crippen LogP contribution in [-0.2, 0) is 26.5 Å². The van der Waals surface area contributed by atoms with Gasteiger partial charge in [0.2, 0.25) is 0 Å². The number of hydrogen-bond donors (Lipinski definition) is 0. The molecule has 0 unspecified atom stereocenters. The van der Waals surface area contributed by atoms with E-state index in [2.05, 4.69) is 77.6 Å². The third kappa shape index (κ3) is 5.79. The van der Waals surface area contributed by atoms with Gasteiger partial charge in [-0.1, -0.05) is 84.6 Å². The molecule has 0 atom stereocenters. The van der Waals surface area contributed by atoms with E-state index in [0.29, 0.717) is 0 Å². The molecule has 0 bridgehead atoms. The maximum atomic E-state index is 6.11. The van der Waals surface area contributed by atoms with Gasteiger partial charge in [0.25, 0.3) is 0 Å². The van der Waals surface area contributed by atoms with E-state index < -0.39 is 0 Å². The molecule has 3 heterocycles. The monoisotopic (exact) mass is 695 g/mol. The van der Waals surface area contributed by atoms with E-state index in [0.717, 1.165) is 50.9 Å². The summed E-state index contributed by atoms with van der Waals surface area (Å²) in [6.07, 6.45) is 4.60. The van der Waals surface area contributed by atoms with E-state index in [-0.39, 0.29) is 20.1 Å². The Bertz CT molecular complexity index is 1780. The van der Waals surface area contributed by atoms with E-state index in [1.165, 1.54) is 16.7 Å². The largest absolute Gasteiger partial charge is 0.501 e. The molecule has 0 saturated carbocycles. The number of rotatable bonds is 4. The molecule has 0 aliphatic heterocycles. The van der Waals surface area contributed by atoms with Crippen LogP contribution in [0, 0.1) is 12.1 Å². The molecule has 3 nitrogen and oxygen atoms in total. The van der Waals surface area contributed by atoms with Crippen LogP contribution in [0.15, 0.2) is 132 Å². The van der Waals surface area contributed by atoms with E-state index in [9.17, 15) is 0 Å². The van der Waals surface area contributed by atoms with E-state index in [1.54, 1.807) is 12.4 Å². The molecule has 1 radical (unpaired) electrons. The standard InChI is InChI=1S/C19H14NO.C17H12N.Ir/c1-2-13-9-10-14-15-6-5-7-16(17-8-3-4-11-20-17)19(15)21-18(14)12-13;1-2-7-14(8-3-1)15-9-6-10-16(13-15)17-11-4-5-12-18-17;/h3-6,8-12H,2H2,1H3;1-9,11-13H;/q2*-1;. The fourth-order valence-corrected chi connectivity index (χ4v) is 4.65. The number of hydrogen-bond acceptors (Lipinski definition) is 3. The molecular weight excluding hydrogens is 669 g/mol. The molecule has 40 heavy (non-hydrogen) atoms. The predicted octanol–water partition coefficient (Wildman–Crippen LogP) is 9.22. The zero-order chi connectivity index (χ0) is 26.4. The zero-order valence-electron chi connectivity index (χ0n) is 22.0. The smallest absolute Gasteiger partial charge is 0.121 e. The summed E-state index contributed by atoms with van der Waals surface area (Å²) in [5, 5.41) is 2.26. The molecule has 4 aromatic carbocycles. The predicted molar refractivity (Wildman–Crippen MR) is 159 cm³/mol. The second kappa shape index (κ2) is 12.7. The molecule has 0 aliphatic carbocycles.